The normalized spacial score (nSPS) is 11.1. The second-order valence-electron chi connectivity index (χ2n) is 11.4. The van der Waals surface area contributed by atoms with Crippen molar-refractivity contribution in [1.29, 1.82) is 0 Å². The summed E-state index contributed by atoms with van der Waals surface area (Å²) in [6.45, 7) is 0. The summed E-state index contributed by atoms with van der Waals surface area (Å²) in [5, 5.41) is 4.97. The lowest BCUT2D eigenvalue weighted by Gasteiger charge is -2.27. The first-order valence-corrected chi connectivity index (χ1v) is 15.4. The van der Waals surface area contributed by atoms with E-state index in [1.807, 2.05) is 0 Å². The van der Waals surface area contributed by atoms with Crippen LogP contribution in [0.15, 0.2) is 188 Å². The van der Waals surface area contributed by atoms with Crippen LogP contribution in [-0.4, -0.2) is 0 Å². The topological polar surface area (TPSA) is 3.24 Å². The molecule has 212 valence electrons. The second kappa shape index (κ2) is 11.6. The summed E-state index contributed by atoms with van der Waals surface area (Å²) in [5.74, 6) is 0. The lowest BCUT2D eigenvalue weighted by Crippen LogP contribution is -2.10. The molecule has 0 amide bonds. The molecule has 0 spiro atoms. The average molecular weight is 574 g/mol. The minimum atomic E-state index is 1.12. The fourth-order valence-electron chi connectivity index (χ4n) is 6.40. The van der Waals surface area contributed by atoms with Crippen molar-refractivity contribution < 1.29 is 0 Å². The Morgan fingerprint density at radius 1 is 0.289 bits per heavy atom. The molecule has 8 aromatic carbocycles. The van der Waals surface area contributed by atoms with E-state index in [1.54, 1.807) is 0 Å². The molecule has 0 aliphatic heterocycles. The summed E-state index contributed by atoms with van der Waals surface area (Å²) >= 11 is 0. The third-order valence-corrected chi connectivity index (χ3v) is 8.65. The van der Waals surface area contributed by atoms with Crippen LogP contribution in [0, 0.1) is 0 Å². The van der Waals surface area contributed by atoms with Crippen molar-refractivity contribution in [1.82, 2.24) is 0 Å². The minimum absolute atomic E-state index is 1.12. The third-order valence-electron chi connectivity index (χ3n) is 8.65. The average Bonchev–Trinajstić information content (AvgIpc) is 3.12. The third kappa shape index (κ3) is 5.15. The van der Waals surface area contributed by atoms with Gasteiger partial charge in [-0.1, -0.05) is 146 Å². The van der Waals surface area contributed by atoms with Crippen molar-refractivity contribution in [3.63, 3.8) is 0 Å². The van der Waals surface area contributed by atoms with Gasteiger partial charge in [-0.15, -0.1) is 0 Å². The number of fused-ring (bicyclic) bond motifs is 2. The molecule has 0 radical (unpaired) electrons. The van der Waals surface area contributed by atoms with Gasteiger partial charge < -0.3 is 4.90 Å². The highest BCUT2D eigenvalue weighted by atomic mass is 15.1. The zero-order valence-electron chi connectivity index (χ0n) is 24.8. The van der Waals surface area contributed by atoms with Crippen molar-refractivity contribution in [3.05, 3.63) is 188 Å². The molecule has 0 saturated heterocycles. The first-order chi connectivity index (χ1) is 22.3. The van der Waals surface area contributed by atoms with Gasteiger partial charge in [-0.05, 0) is 92.0 Å². The minimum Gasteiger partial charge on any atom is -0.310 e. The van der Waals surface area contributed by atoms with Crippen LogP contribution in [0.5, 0.6) is 0 Å². The van der Waals surface area contributed by atoms with Crippen LogP contribution in [0.4, 0.5) is 17.1 Å². The first kappa shape index (κ1) is 26.7. The van der Waals surface area contributed by atoms with Crippen molar-refractivity contribution >= 4 is 38.6 Å². The highest BCUT2D eigenvalue weighted by Gasteiger charge is 2.16. The highest BCUT2D eigenvalue weighted by Crippen LogP contribution is 2.41. The molecule has 0 aromatic heterocycles. The van der Waals surface area contributed by atoms with Crippen LogP contribution >= 0.6 is 0 Å². The molecule has 8 aromatic rings. The van der Waals surface area contributed by atoms with Crippen LogP contribution in [0.3, 0.4) is 0 Å². The number of benzene rings is 8. The van der Waals surface area contributed by atoms with Crippen molar-refractivity contribution in [2.75, 3.05) is 4.90 Å². The van der Waals surface area contributed by atoms with Gasteiger partial charge in [0.05, 0.1) is 5.69 Å². The monoisotopic (exact) mass is 573 g/mol. The molecular formula is C44H31N. The number of para-hydroxylation sites is 1. The van der Waals surface area contributed by atoms with E-state index >= 15 is 0 Å². The Bertz CT molecular complexity index is 2250. The zero-order valence-corrected chi connectivity index (χ0v) is 24.8. The van der Waals surface area contributed by atoms with Gasteiger partial charge in [0.15, 0.2) is 0 Å². The zero-order chi connectivity index (χ0) is 30.0. The molecule has 1 nitrogen and oxygen atoms in total. The van der Waals surface area contributed by atoms with Gasteiger partial charge in [0, 0.05) is 16.8 Å². The Morgan fingerprint density at radius 3 is 1.69 bits per heavy atom. The molecule has 0 aliphatic rings. The van der Waals surface area contributed by atoms with Crippen molar-refractivity contribution in [2.45, 2.75) is 0 Å². The van der Waals surface area contributed by atoms with E-state index in [4.69, 9.17) is 0 Å². The molecule has 0 unspecified atom stereocenters. The molecule has 0 fully saturated rings. The predicted octanol–water partition coefficient (Wildman–Crippen LogP) is 12.5. The molecule has 0 atom stereocenters. The maximum atomic E-state index is 2.35. The van der Waals surface area contributed by atoms with Crippen LogP contribution < -0.4 is 4.90 Å². The van der Waals surface area contributed by atoms with E-state index in [1.165, 1.54) is 54.9 Å². The number of rotatable bonds is 6. The molecule has 0 N–H and O–H groups in total. The van der Waals surface area contributed by atoms with Gasteiger partial charge in [0.25, 0.3) is 0 Å². The molecule has 1 heteroatoms. The summed E-state index contributed by atoms with van der Waals surface area (Å²) in [4.78, 5) is 2.35. The molecule has 8 rings (SSSR count). The molecule has 45 heavy (non-hydrogen) atoms. The van der Waals surface area contributed by atoms with Crippen LogP contribution in [0.2, 0.25) is 0 Å². The Labute approximate surface area is 264 Å². The van der Waals surface area contributed by atoms with Gasteiger partial charge in [0.1, 0.15) is 0 Å². The molecule has 0 bridgehead atoms. The fraction of sp³-hybridized carbons (Fsp3) is 0. The standard InChI is InChI=1S/C44H31N/c1-3-13-35(14-4-1)43-31-37(26-29-41(43)38-23-22-32-12-7-8-16-36(32)30-38)33-24-27-40(28-25-33)45(39-18-5-2-6-19-39)44-21-11-17-34-15-9-10-20-42(34)44/h1-31H. The van der Waals surface area contributed by atoms with E-state index in [-0.39, 0.29) is 0 Å². The van der Waals surface area contributed by atoms with Gasteiger partial charge in [-0.25, -0.2) is 0 Å². The number of anilines is 3. The van der Waals surface area contributed by atoms with Gasteiger partial charge in [-0.2, -0.15) is 0 Å². The summed E-state index contributed by atoms with van der Waals surface area (Å²) in [6, 6.07) is 67.6. The number of hydrogen-bond acceptors (Lipinski definition) is 1. The van der Waals surface area contributed by atoms with Crippen LogP contribution in [0.25, 0.3) is 54.9 Å². The largest absolute Gasteiger partial charge is 0.310 e. The molecular weight excluding hydrogens is 542 g/mol. The fourth-order valence-corrected chi connectivity index (χ4v) is 6.40. The maximum Gasteiger partial charge on any atom is 0.0540 e. The Hall–Kier alpha value is -5.92. The quantitative estimate of drug-likeness (QED) is 0.191. The Morgan fingerprint density at radius 2 is 0.889 bits per heavy atom. The molecule has 0 saturated carbocycles. The second-order valence-corrected chi connectivity index (χ2v) is 11.4. The Balaban J connectivity index is 1.22. The van der Waals surface area contributed by atoms with Gasteiger partial charge in [-0.3, -0.25) is 0 Å². The summed E-state index contributed by atoms with van der Waals surface area (Å²) in [7, 11) is 0. The highest BCUT2D eigenvalue weighted by molar-refractivity contribution is 5.99. The van der Waals surface area contributed by atoms with E-state index < -0.39 is 0 Å². The van der Waals surface area contributed by atoms with E-state index in [9.17, 15) is 0 Å². The maximum absolute atomic E-state index is 2.35. The van der Waals surface area contributed by atoms with Gasteiger partial charge in [0.2, 0.25) is 0 Å². The first-order valence-electron chi connectivity index (χ1n) is 15.4. The summed E-state index contributed by atoms with van der Waals surface area (Å²) in [5.41, 5.74) is 10.7. The van der Waals surface area contributed by atoms with Crippen LogP contribution in [0.1, 0.15) is 0 Å². The number of hydrogen-bond donors (Lipinski definition) is 0. The summed E-state index contributed by atoms with van der Waals surface area (Å²) in [6.07, 6.45) is 0. The van der Waals surface area contributed by atoms with E-state index in [2.05, 4.69) is 193 Å². The number of nitrogens with zero attached hydrogens (tertiary/aromatic N) is 1. The van der Waals surface area contributed by atoms with Gasteiger partial charge >= 0.3 is 0 Å². The molecule has 0 heterocycles. The Kier molecular flexibility index (Phi) is 6.90. The van der Waals surface area contributed by atoms with Crippen molar-refractivity contribution in [3.8, 4) is 33.4 Å². The smallest absolute Gasteiger partial charge is 0.0540 e. The lowest BCUT2D eigenvalue weighted by atomic mass is 9.90. The van der Waals surface area contributed by atoms with Crippen molar-refractivity contribution in [2.24, 2.45) is 0 Å². The van der Waals surface area contributed by atoms with E-state index in [0.29, 0.717) is 0 Å². The summed E-state index contributed by atoms with van der Waals surface area (Å²) < 4.78 is 0. The SMILES string of the molecule is c1ccc(-c2cc(-c3ccc(N(c4ccccc4)c4cccc5ccccc45)cc3)ccc2-c2ccc3ccccc3c2)cc1. The van der Waals surface area contributed by atoms with Crippen LogP contribution in [-0.2, 0) is 0 Å². The predicted molar refractivity (Wildman–Crippen MR) is 192 cm³/mol. The lowest BCUT2D eigenvalue weighted by molar-refractivity contribution is 1.30. The molecule has 0 aliphatic carbocycles. The van der Waals surface area contributed by atoms with E-state index in [0.717, 1.165) is 17.1 Å².